The molecule has 3 aromatic carbocycles. The summed E-state index contributed by atoms with van der Waals surface area (Å²) in [5, 5.41) is 3.91. The van der Waals surface area contributed by atoms with Crippen LogP contribution in [0.5, 0.6) is 0 Å². The fourth-order valence-corrected chi connectivity index (χ4v) is 4.36. The molecule has 2 heterocycles. The predicted molar refractivity (Wildman–Crippen MR) is 126 cm³/mol. The lowest BCUT2D eigenvalue weighted by Crippen LogP contribution is -2.10. The number of nitrogens with zero attached hydrogens (tertiary/aromatic N) is 4. The molecule has 0 saturated heterocycles. The number of imidazole rings is 1. The lowest BCUT2D eigenvalue weighted by Gasteiger charge is -2.14. The fourth-order valence-electron chi connectivity index (χ4n) is 4.36. The number of aryl methyl sites for hydroxylation is 3. The van der Waals surface area contributed by atoms with Gasteiger partial charge < -0.3 is 4.57 Å². The van der Waals surface area contributed by atoms with E-state index in [1.807, 2.05) is 18.2 Å². The fraction of sp³-hybridized carbons (Fsp3) is 0.192. The van der Waals surface area contributed by atoms with Gasteiger partial charge in [0.15, 0.2) is 5.82 Å². The molecule has 0 spiro atoms. The maximum absolute atomic E-state index is 11.7. The lowest BCUT2D eigenvalue weighted by molar-refractivity contribution is 0.380. The first-order valence-corrected chi connectivity index (χ1v) is 10.7. The van der Waals surface area contributed by atoms with E-state index >= 15 is 0 Å². The zero-order valence-electron chi connectivity index (χ0n) is 18.6. The Hall–Kier alpha value is -3.93. The van der Waals surface area contributed by atoms with E-state index in [9.17, 15) is 4.79 Å². The molecule has 5 aromatic rings. The molecule has 0 saturated carbocycles. The molecule has 0 amide bonds. The molecule has 0 aliphatic rings. The van der Waals surface area contributed by atoms with Crippen molar-refractivity contribution in [1.82, 2.24) is 19.3 Å². The van der Waals surface area contributed by atoms with Crippen LogP contribution >= 0.6 is 0 Å². The molecule has 0 atom stereocenters. The predicted octanol–water partition coefficient (Wildman–Crippen LogP) is 5.36. The van der Waals surface area contributed by atoms with Crippen molar-refractivity contribution < 1.29 is 4.52 Å². The standard InChI is InChI=1S/C26H24N4O2/c1-5-30-23-13-11-18(24-28-32-26(31)29(24)4)15-22(23)27-25(30)21-9-7-6-8-20(21)19-12-10-16(2)14-17(19)3/h6-15H,5H2,1-4H3. The molecule has 0 aliphatic carbocycles. The SMILES string of the molecule is CCn1c(-c2ccccc2-c2ccc(C)cc2C)nc2cc(-c3noc(=O)n3C)ccc21. The van der Waals surface area contributed by atoms with Crippen molar-refractivity contribution in [3.05, 3.63) is 82.3 Å². The smallest absolute Gasteiger partial charge is 0.324 e. The molecule has 160 valence electrons. The van der Waals surface area contributed by atoms with Crippen LogP contribution in [-0.4, -0.2) is 19.3 Å². The van der Waals surface area contributed by atoms with Gasteiger partial charge in [0, 0.05) is 24.7 Å². The molecule has 5 rings (SSSR count). The van der Waals surface area contributed by atoms with Crippen LogP contribution in [0.1, 0.15) is 18.1 Å². The Morgan fingerprint density at radius 3 is 2.38 bits per heavy atom. The Bertz CT molecular complexity index is 1520. The molecule has 0 aliphatic heterocycles. The van der Waals surface area contributed by atoms with Gasteiger partial charge >= 0.3 is 5.76 Å². The van der Waals surface area contributed by atoms with E-state index in [1.165, 1.54) is 21.3 Å². The van der Waals surface area contributed by atoms with Crippen molar-refractivity contribution in [3.63, 3.8) is 0 Å². The quantitative estimate of drug-likeness (QED) is 0.389. The summed E-state index contributed by atoms with van der Waals surface area (Å²) in [6, 6.07) is 20.9. The molecule has 6 heteroatoms. The number of hydrogen-bond acceptors (Lipinski definition) is 4. The Morgan fingerprint density at radius 1 is 0.906 bits per heavy atom. The van der Waals surface area contributed by atoms with E-state index in [2.05, 4.69) is 73.0 Å². The summed E-state index contributed by atoms with van der Waals surface area (Å²) in [4.78, 5) is 16.7. The van der Waals surface area contributed by atoms with Crippen LogP contribution < -0.4 is 5.76 Å². The highest BCUT2D eigenvalue weighted by molar-refractivity contribution is 5.89. The van der Waals surface area contributed by atoms with Crippen molar-refractivity contribution in [1.29, 1.82) is 0 Å². The van der Waals surface area contributed by atoms with Gasteiger partial charge in [0.1, 0.15) is 5.82 Å². The zero-order valence-corrected chi connectivity index (χ0v) is 18.6. The molecule has 0 bridgehead atoms. The van der Waals surface area contributed by atoms with Gasteiger partial charge in [0.2, 0.25) is 0 Å². The second-order valence-corrected chi connectivity index (χ2v) is 8.08. The van der Waals surface area contributed by atoms with E-state index < -0.39 is 5.76 Å². The summed E-state index contributed by atoms with van der Waals surface area (Å²) in [6.45, 7) is 7.17. The molecule has 2 aromatic heterocycles. The summed E-state index contributed by atoms with van der Waals surface area (Å²) >= 11 is 0. The molecule has 6 nitrogen and oxygen atoms in total. The van der Waals surface area contributed by atoms with Crippen LogP contribution in [0.3, 0.4) is 0 Å². The summed E-state index contributed by atoms with van der Waals surface area (Å²) in [6.07, 6.45) is 0. The first-order valence-electron chi connectivity index (χ1n) is 10.7. The van der Waals surface area contributed by atoms with Crippen LogP contribution in [0.2, 0.25) is 0 Å². The minimum absolute atomic E-state index is 0.484. The van der Waals surface area contributed by atoms with E-state index in [0.717, 1.165) is 40.1 Å². The zero-order chi connectivity index (χ0) is 22.4. The molecular formula is C26H24N4O2. The largest absolute Gasteiger partial charge is 0.441 e. The minimum atomic E-state index is -0.484. The van der Waals surface area contributed by atoms with Crippen molar-refractivity contribution in [3.8, 4) is 33.9 Å². The van der Waals surface area contributed by atoms with E-state index in [0.29, 0.717) is 5.82 Å². The minimum Gasteiger partial charge on any atom is -0.324 e. The average molecular weight is 425 g/mol. The van der Waals surface area contributed by atoms with Gasteiger partial charge in [-0.1, -0.05) is 53.2 Å². The number of rotatable bonds is 4. The topological polar surface area (TPSA) is 65.8 Å². The monoisotopic (exact) mass is 424 g/mol. The summed E-state index contributed by atoms with van der Waals surface area (Å²) in [5.41, 5.74) is 8.63. The summed E-state index contributed by atoms with van der Waals surface area (Å²) in [7, 11) is 1.65. The second kappa shape index (κ2) is 7.64. The third-order valence-electron chi connectivity index (χ3n) is 5.96. The first-order chi connectivity index (χ1) is 15.5. The van der Waals surface area contributed by atoms with Gasteiger partial charge in [-0.15, -0.1) is 0 Å². The average Bonchev–Trinajstić information content (AvgIpc) is 3.33. The summed E-state index contributed by atoms with van der Waals surface area (Å²) < 4.78 is 8.42. The van der Waals surface area contributed by atoms with Crippen LogP contribution in [-0.2, 0) is 13.6 Å². The number of aromatic nitrogens is 4. The van der Waals surface area contributed by atoms with Gasteiger partial charge in [-0.25, -0.2) is 9.78 Å². The summed E-state index contributed by atoms with van der Waals surface area (Å²) in [5.74, 6) is 0.923. The van der Waals surface area contributed by atoms with Crippen molar-refractivity contribution in [2.45, 2.75) is 27.3 Å². The van der Waals surface area contributed by atoms with E-state index in [4.69, 9.17) is 9.51 Å². The Kier molecular flexibility index (Phi) is 4.78. The van der Waals surface area contributed by atoms with Crippen molar-refractivity contribution >= 4 is 11.0 Å². The molecule has 0 fully saturated rings. The molecular weight excluding hydrogens is 400 g/mol. The first kappa shape index (κ1) is 20.0. The van der Waals surface area contributed by atoms with Crippen molar-refractivity contribution in [2.75, 3.05) is 0 Å². The second-order valence-electron chi connectivity index (χ2n) is 8.08. The van der Waals surface area contributed by atoms with Gasteiger partial charge in [0.25, 0.3) is 0 Å². The van der Waals surface area contributed by atoms with Gasteiger partial charge in [-0.05, 0) is 55.7 Å². The van der Waals surface area contributed by atoms with E-state index in [-0.39, 0.29) is 0 Å². The number of fused-ring (bicyclic) bond motifs is 1. The van der Waals surface area contributed by atoms with Gasteiger partial charge in [0.05, 0.1) is 11.0 Å². The normalized spacial score (nSPS) is 11.4. The Labute approximate surface area is 185 Å². The Morgan fingerprint density at radius 2 is 1.69 bits per heavy atom. The van der Waals surface area contributed by atoms with E-state index in [1.54, 1.807) is 7.05 Å². The molecule has 32 heavy (non-hydrogen) atoms. The van der Waals surface area contributed by atoms with Crippen LogP contribution in [0.25, 0.3) is 44.9 Å². The number of benzene rings is 3. The van der Waals surface area contributed by atoms with Gasteiger partial charge in [-0.3, -0.25) is 9.09 Å². The third-order valence-corrected chi connectivity index (χ3v) is 5.96. The third kappa shape index (κ3) is 3.15. The highest BCUT2D eigenvalue weighted by atomic mass is 16.5. The molecule has 0 radical (unpaired) electrons. The van der Waals surface area contributed by atoms with Crippen LogP contribution in [0.4, 0.5) is 0 Å². The molecule has 0 N–H and O–H groups in total. The maximum Gasteiger partial charge on any atom is 0.441 e. The van der Waals surface area contributed by atoms with Crippen LogP contribution in [0.15, 0.2) is 70.0 Å². The van der Waals surface area contributed by atoms with Crippen LogP contribution in [0, 0.1) is 13.8 Å². The molecule has 0 unspecified atom stereocenters. The lowest BCUT2D eigenvalue weighted by atomic mass is 9.94. The number of hydrogen-bond donors (Lipinski definition) is 0. The highest BCUT2D eigenvalue weighted by Gasteiger charge is 2.18. The maximum atomic E-state index is 11.7. The van der Waals surface area contributed by atoms with Crippen molar-refractivity contribution in [2.24, 2.45) is 7.05 Å². The van der Waals surface area contributed by atoms with Gasteiger partial charge in [-0.2, -0.15) is 0 Å². The Balaban J connectivity index is 1.72. The highest BCUT2D eigenvalue weighted by Crippen LogP contribution is 2.36.